The quantitative estimate of drug-likeness (QED) is 0.278. The second kappa shape index (κ2) is 7.42. The molecule has 0 spiro atoms. The van der Waals surface area contributed by atoms with E-state index in [1.807, 2.05) is 43.3 Å². The predicted octanol–water partition coefficient (Wildman–Crippen LogP) is 7.18. The second-order valence-corrected chi connectivity index (χ2v) is 14.3. The molecule has 0 radical (unpaired) electrons. The van der Waals surface area contributed by atoms with Gasteiger partial charge in [0.05, 0.1) is 13.8 Å². The highest BCUT2D eigenvalue weighted by atomic mass is 28.3. The Morgan fingerprint density at radius 1 is 0.844 bits per heavy atom. The first kappa shape index (κ1) is 14.7. The van der Waals surface area contributed by atoms with Crippen LogP contribution in [0.2, 0.25) is 19.6 Å². The number of hydrogen-bond acceptors (Lipinski definition) is 3. The Labute approximate surface area is 198 Å². The Morgan fingerprint density at radius 3 is 2.47 bits per heavy atom. The van der Waals surface area contributed by atoms with Gasteiger partial charge in [0.25, 0.3) is 0 Å². The molecule has 0 unspecified atom stereocenters. The van der Waals surface area contributed by atoms with Crippen molar-refractivity contribution in [2.75, 3.05) is 0 Å². The van der Waals surface area contributed by atoms with Gasteiger partial charge < -0.3 is 4.42 Å². The topological polar surface area (TPSA) is 38.9 Å². The van der Waals surface area contributed by atoms with Crippen molar-refractivity contribution in [2.45, 2.75) is 40.3 Å². The van der Waals surface area contributed by atoms with Gasteiger partial charge in [0, 0.05) is 36.5 Å². The van der Waals surface area contributed by atoms with Crippen molar-refractivity contribution in [3.05, 3.63) is 77.6 Å². The SMILES string of the molecule is [2H]C([2H])([2H])c1cnc(-c2cccc3c2oc2nc(C)ccc23)cc1-c1ccc([Si](C)(C)C)cc1C([2H])([2H])[2H]. The molecule has 32 heavy (non-hydrogen) atoms. The minimum Gasteiger partial charge on any atom is -0.437 e. The highest BCUT2D eigenvalue weighted by Gasteiger charge is 2.19. The molecule has 0 fully saturated rings. The van der Waals surface area contributed by atoms with Gasteiger partial charge in [0.1, 0.15) is 5.58 Å². The summed E-state index contributed by atoms with van der Waals surface area (Å²) in [6.45, 7) is 3.42. The van der Waals surface area contributed by atoms with Crippen LogP contribution in [0.5, 0.6) is 0 Å². The molecule has 0 atom stereocenters. The van der Waals surface area contributed by atoms with E-state index >= 15 is 0 Å². The molecule has 0 bridgehead atoms. The van der Waals surface area contributed by atoms with E-state index in [1.165, 1.54) is 6.20 Å². The van der Waals surface area contributed by atoms with E-state index in [9.17, 15) is 0 Å². The maximum atomic E-state index is 8.27. The van der Waals surface area contributed by atoms with Crippen LogP contribution in [0.25, 0.3) is 44.5 Å². The molecule has 0 saturated carbocycles. The third-order valence-corrected chi connectivity index (χ3v) is 7.90. The summed E-state index contributed by atoms with van der Waals surface area (Å²) in [4.78, 5) is 9.02. The van der Waals surface area contributed by atoms with Crippen LogP contribution in [-0.2, 0) is 0 Å². The summed E-state index contributed by atoms with van der Waals surface area (Å²) >= 11 is 0. The van der Waals surface area contributed by atoms with Crippen LogP contribution in [0.4, 0.5) is 0 Å². The fourth-order valence-electron chi connectivity index (χ4n) is 4.04. The van der Waals surface area contributed by atoms with Crippen molar-refractivity contribution in [2.24, 2.45) is 0 Å². The third kappa shape index (κ3) is 3.45. The molecule has 0 saturated heterocycles. The summed E-state index contributed by atoms with van der Waals surface area (Å²) in [6, 6.07) is 16.7. The Hall–Kier alpha value is -3.24. The second-order valence-electron chi connectivity index (χ2n) is 9.22. The summed E-state index contributed by atoms with van der Waals surface area (Å²) in [5.41, 5.74) is 3.93. The van der Waals surface area contributed by atoms with Crippen LogP contribution in [0.3, 0.4) is 0 Å². The van der Waals surface area contributed by atoms with Crippen molar-refractivity contribution >= 4 is 35.3 Å². The molecule has 2 aromatic carbocycles. The molecule has 0 aliphatic rings. The van der Waals surface area contributed by atoms with Gasteiger partial charge in [-0.1, -0.05) is 55.2 Å². The molecule has 4 heteroatoms. The number of benzene rings is 2. The summed E-state index contributed by atoms with van der Waals surface area (Å²) in [7, 11) is -1.82. The fourth-order valence-corrected chi connectivity index (χ4v) is 5.20. The molecule has 0 aliphatic heterocycles. The van der Waals surface area contributed by atoms with Gasteiger partial charge in [-0.25, -0.2) is 4.98 Å². The number of pyridine rings is 2. The average molecular weight is 443 g/mol. The lowest BCUT2D eigenvalue weighted by molar-refractivity contribution is 0.653. The first-order chi connectivity index (χ1) is 17.6. The summed E-state index contributed by atoms with van der Waals surface area (Å²) in [6.07, 6.45) is 1.33. The van der Waals surface area contributed by atoms with Crippen LogP contribution in [0, 0.1) is 20.6 Å². The van der Waals surface area contributed by atoms with E-state index in [0.717, 1.165) is 21.7 Å². The normalized spacial score (nSPS) is 15.6. The van der Waals surface area contributed by atoms with Crippen molar-refractivity contribution in [3.8, 4) is 22.4 Å². The van der Waals surface area contributed by atoms with Gasteiger partial charge in [-0.2, -0.15) is 0 Å². The number of hydrogen-bond donors (Lipinski definition) is 0. The van der Waals surface area contributed by atoms with E-state index in [0.29, 0.717) is 33.7 Å². The summed E-state index contributed by atoms with van der Waals surface area (Å²) in [5, 5.41) is 2.74. The lowest BCUT2D eigenvalue weighted by Gasteiger charge is -2.19. The lowest BCUT2D eigenvalue weighted by Crippen LogP contribution is -2.37. The minimum absolute atomic E-state index is 0.00146. The Bertz CT molecular complexity index is 1700. The van der Waals surface area contributed by atoms with Crippen LogP contribution in [-0.4, -0.2) is 18.0 Å². The molecule has 3 nitrogen and oxygen atoms in total. The fraction of sp³-hybridized carbons (Fsp3) is 0.214. The first-order valence-corrected chi connectivity index (χ1v) is 14.1. The molecule has 0 amide bonds. The zero-order chi connectivity index (χ0) is 27.6. The molecular weight excluding hydrogens is 408 g/mol. The number of aryl methyl sites for hydroxylation is 3. The molecule has 5 rings (SSSR count). The third-order valence-electron chi connectivity index (χ3n) is 5.86. The maximum absolute atomic E-state index is 8.27. The number of aromatic nitrogens is 2. The lowest BCUT2D eigenvalue weighted by atomic mass is 9.96. The number of nitrogens with zero attached hydrogens (tertiary/aromatic N) is 2. The molecule has 160 valence electrons. The smallest absolute Gasteiger partial charge is 0.227 e. The van der Waals surface area contributed by atoms with Crippen LogP contribution in [0.15, 0.2) is 65.2 Å². The Morgan fingerprint density at radius 2 is 1.69 bits per heavy atom. The van der Waals surface area contributed by atoms with Gasteiger partial charge in [-0.3, -0.25) is 4.98 Å². The monoisotopic (exact) mass is 442 g/mol. The van der Waals surface area contributed by atoms with Gasteiger partial charge in [0.15, 0.2) is 0 Å². The number of fused-ring (bicyclic) bond motifs is 3. The van der Waals surface area contributed by atoms with Crippen LogP contribution >= 0.6 is 0 Å². The standard InChI is InChI=1S/C28H28N2OSi/c1-17-14-20(32(4,5)6)11-13-21(17)25-15-26(29-16-18(25)2)24-9-7-8-22-23-12-10-19(3)30-28(23)31-27(22)24/h7-16H,1-6H3/i1D3,2D3. The number of rotatable bonds is 3. The van der Waals surface area contributed by atoms with Crippen molar-refractivity contribution in [3.63, 3.8) is 0 Å². The van der Waals surface area contributed by atoms with Crippen molar-refractivity contribution < 1.29 is 12.6 Å². The molecule has 3 heterocycles. The van der Waals surface area contributed by atoms with Crippen molar-refractivity contribution in [1.82, 2.24) is 9.97 Å². The van der Waals surface area contributed by atoms with Crippen molar-refractivity contribution in [1.29, 1.82) is 0 Å². The van der Waals surface area contributed by atoms with Gasteiger partial charge >= 0.3 is 0 Å². The summed E-state index contributed by atoms with van der Waals surface area (Å²) in [5.74, 6) is 0. The zero-order valence-corrected chi connectivity index (χ0v) is 19.6. The highest BCUT2D eigenvalue weighted by molar-refractivity contribution is 6.88. The van der Waals surface area contributed by atoms with Gasteiger partial charge in [-0.15, -0.1) is 0 Å². The number of para-hydroxylation sites is 1. The molecule has 3 aromatic heterocycles. The molecular formula is C28H28N2OSi. The Balaban J connectivity index is 1.80. The van der Waals surface area contributed by atoms with E-state index in [4.69, 9.17) is 12.6 Å². The van der Waals surface area contributed by atoms with Gasteiger partial charge in [0.2, 0.25) is 5.71 Å². The van der Waals surface area contributed by atoms with E-state index < -0.39 is 21.8 Å². The molecule has 0 aliphatic carbocycles. The largest absolute Gasteiger partial charge is 0.437 e. The van der Waals surface area contributed by atoms with Gasteiger partial charge in [-0.05, 0) is 67.1 Å². The predicted molar refractivity (Wildman–Crippen MR) is 137 cm³/mol. The first-order valence-electron chi connectivity index (χ1n) is 13.6. The van der Waals surface area contributed by atoms with E-state index in [-0.39, 0.29) is 11.1 Å². The molecule has 5 aromatic rings. The summed E-state index contributed by atoms with van der Waals surface area (Å²) < 4.78 is 55.4. The minimum atomic E-state index is -2.49. The Kier molecular flexibility index (Phi) is 3.42. The highest BCUT2D eigenvalue weighted by Crippen LogP contribution is 2.36. The maximum Gasteiger partial charge on any atom is 0.227 e. The van der Waals surface area contributed by atoms with Crippen LogP contribution < -0.4 is 5.19 Å². The zero-order valence-electron chi connectivity index (χ0n) is 24.6. The van der Waals surface area contributed by atoms with E-state index in [1.54, 1.807) is 18.2 Å². The van der Waals surface area contributed by atoms with E-state index in [2.05, 4.69) is 29.6 Å². The van der Waals surface area contributed by atoms with Crippen LogP contribution in [0.1, 0.15) is 25.0 Å². The number of furan rings is 1. The molecule has 0 N–H and O–H groups in total. The average Bonchev–Trinajstić information content (AvgIpc) is 3.19.